The minimum absolute atomic E-state index is 0.0251. The first-order valence-corrected chi connectivity index (χ1v) is 10.7. The Morgan fingerprint density at radius 1 is 1.03 bits per heavy atom. The monoisotopic (exact) mass is 437 g/mol. The van der Waals surface area contributed by atoms with Gasteiger partial charge in [0, 0.05) is 41.9 Å². The van der Waals surface area contributed by atoms with Crippen LogP contribution in [0.4, 0.5) is 0 Å². The van der Waals surface area contributed by atoms with Crippen molar-refractivity contribution in [3.63, 3.8) is 0 Å². The lowest BCUT2D eigenvalue weighted by atomic mass is 10.1. The molecule has 5 aromatic rings. The smallest absolute Gasteiger partial charge is 0.251 e. The van der Waals surface area contributed by atoms with Gasteiger partial charge in [-0.05, 0) is 47.5 Å². The molecule has 0 atom stereocenters. The summed E-state index contributed by atoms with van der Waals surface area (Å²) in [4.78, 5) is 32.0. The zero-order chi connectivity index (χ0) is 22.8. The van der Waals surface area contributed by atoms with Crippen molar-refractivity contribution in [2.24, 2.45) is 0 Å². The summed E-state index contributed by atoms with van der Waals surface area (Å²) in [6.45, 7) is 0.486. The van der Waals surface area contributed by atoms with Crippen LogP contribution in [0.25, 0.3) is 27.6 Å². The summed E-state index contributed by atoms with van der Waals surface area (Å²) in [7, 11) is 1.61. The molecular formula is C26H23N5O2. The third-order valence-corrected chi connectivity index (χ3v) is 5.77. The molecule has 3 N–H and O–H groups in total. The van der Waals surface area contributed by atoms with E-state index in [0.717, 1.165) is 38.8 Å². The average Bonchev–Trinajstić information content (AvgIpc) is 3.46. The molecule has 2 aromatic heterocycles. The quantitative estimate of drug-likeness (QED) is 0.378. The van der Waals surface area contributed by atoms with E-state index in [1.54, 1.807) is 25.5 Å². The van der Waals surface area contributed by atoms with Gasteiger partial charge in [-0.15, -0.1) is 0 Å². The van der Waals surface area contributed by atoms with Crippen molar-refractivity contribution in [3.05, 3.63) is 95.9 Å². The number of benzene rings is 3. The molecule has 0 aliphatic heterocycles. The minimum atomic E-state index is -0.140. The zero-order valence-corrected chi connectivity index (χ0v) is 18.1. The summed E-state index contributed by atoms with van der Waals surface area (Å²) < 4.78 is 1.96. The highest BCUT2D eigenvalue weighted by Gasteiger charge is 2.10. The Kier molecular flexibility index (Phi) is 5.36. The van der Waals surface area contributed by atoms with Gasteiger partial charge in [-0.1, -0.05) is 30.3 Å². The number of carbonyl (C=O) groups is 2. The highest BCUT2D eigenvalue weighted by atomic mass is 16.2. The molecule has 33 heavy (non-hydrogen) atoms. The Hall–Kier alpha value is -4.39. The highest BCUT2D eigenvalue weighted by molar-refractivity contribution is 5.97. The van der Waals surface area contributed by atoms with E-state index in [1.165, 1.54) is 0 Å². The van der Waals surface area contributed by atoms with Gasteiger partial charge in [0.1, 0.15) is 6.33 Å². The third kappa shape index (κ3) is 4.08. The molecule has 0 fully saturated rings. The summed E-state index contributed by atoms with van der Waals surface area (Å²) in [6.07, 6.45) is 3.98. The molecule has 7 nitrogen and oxygen atoms in total. The fraction of sp³-hybridized carbons (Fsp3) is 0.115. The van der Waals surface area contributed by atoms with Crippen LogP contribution in [-0.4, -0.2) is 33.4 Å². The first-order valence-electron chi connectivity index (χ1n) is 10.7. The van der Waals surface area contributed by atoms with Gasteiger partial charge in [0.2, 0.25) is 5.91 Å². The van der Waals surface area contributed by atoms with Gasteiger partial charge in [-0.3, -0.25) is 14.2 Å². The zero-order valence-electron chi connectivity index (χ0n) is 18.1. The molecule has 164 valence electrons. The van der Waals surface area contributed by atoms with Crippen LogP contribution in [0.15, 0.2) is 79.3 Å². The Morgan fingerprint density at radius 3 is 2.67 bits per heavy atom. The molecule has 2 heterocycles. The molecule has 0 saturated carbocycles. The lowest BCUT2D eigenvalue weighted by molar-refractivity contribution is -0.120. The number of amides is 2. The van der Waals surface area contributed by atoms with Crippen molar-refractivity contribution in [1.82, 2.24) is 25.2 Å². The average molecular weight is 438 g/mol. The van der Waals surface area contributed by atoms with Crippen LogP contribution >= 0.6 is 0 Å². The third-order valence-electron chi connectivity index (χ3n) is 5.77. The molecule has 0 unspecified atom stereocenters. The molecule has 0 radical (unpaired) electrons. The number of rotatable bonds is 6. The first kappa shape index (κ1) is 20.5. The highest BCUT2D eigenvalue weighted by Crippen LogP contribution is 2.20. The van der Waals surface area contributed by atoms with Gasteiger partial charge in [0.05, 0.1) is 17.5 Å². The fourth-order valence-corrected chi connectivity index (χ4v) is 4.00. The van der Waals surface area contributed by atoms with E-state index < -0.39 is 0 Å². The summed E-state index contributed by atoms with van der Waals surface area (Å²) >= 11 is 0. The second-order valence-corrected chi connectivity index (χ2v) is 7.88. The number of H-pyrrole nitrogens is 1. The number of aromatic nitrogens is 3. The number of hydrogen-bond donors (Lipinski definition) is 3. The van der Waals surface area contributed by atoms with Crippen LogP contribution in [0.2, 0.25) is 0 Å². The second kappa shape index (κ2) is 8.63. The van der Waals surface area contributed by atoms with E-state index in [0.29, 0.717) is 18.5 Å². The predicted molar refractivity (Wildman–Crippen MR) is 128 cm³/mol. The molecule has 0 aliphatic carbocycles. The number of aromatic amines is 1. The van der Waals surface area contributed by atoms with Crippen molar-refractivity contribution in [2.75, 3.05) is 7.05 Å². The topological polar surface area (TPSA) is 91.8 Å². The van der Waals surface area contributed by atoms with Gasteiger partial charge < -0.3 is 15.6 Å². The maximum Gasteiger partial charge on any atom is 0.251 e. The first-order chi connectivity index (χ1) is 16.1. The van der Waals surface area contributed by atoms with Crippen molar-refractivity contribution < 1.29 is 9.59 Å². The maximum atomic E-state index is 12.5. The standard InChI is InChI=1S/C26H23N5O2/c1-27-26(33)18-8-11-24-23(13-18)30-16-31(24)20-9-6-17(7-10-20)12-25(32)29-15-19-14-28-22-5-3-2-4-21(19)22/h2-11,13-14,16,28H,12,15H2,1H3,(H,27,33)(H,29,32). The number of hydrogen-bond acceptors (Lipinski definition) is 3. The molecule has 5 rings (SSSR count). The van der Waals surface area contributed by atoms with Gasteiger partial charge in [0.25, 0.3) is 5.91 Å². The number of nitrogens with one attached hydrogen (secondary N) is 3. The number of para-hydroxylation sites is 1. The van der Waals surface area contributed by atoms with Crippen LogP contribution in [0, 0.1) is 0 Å². The summed E-state index contributed by atoms with van der Waals surface area (Å²) in [5.41, 5.74) is 6.23. The molecule has 0 spiro atoms. The molecule has 0 aliphatic rings. The van der Waals surface area contributed by atoms with Gasteiger partial charge in [-0.25, -0.2) is 4.98 Å². The van der Waals surface area contributed by atoms with E-state index in [1.807, 2.05) is 65.4 Å². The SMILES string of the molecule is CNC(=O)c1ccc2c(c1)ncn2-c1ccc(CC(=O)NCc2c[nH]c3ccccc23)cc1. The number of imidazole rings is 1. The van der Waals surface area contributed by atoms with E-state index >= 15 is 0 Å². The summed E-state index contributed by atoms with van der Waals surface area (Å²) in [5, 5.41) is 6.75. The lowest BCUT2D eigenvalue weighted by Gasteiger charge is -2.08. The van der Waals surface area contributed by atoms with Crippen molar-refractivity contribution >= 4 is 33.8 Å². The molecule has 7 heteroatoms. The van der Waals surface area contributed by atoms with Crippen molar-refractivity contribution in [2.45, 2.75) is 13.0 Å². The largest absolute Gasteiger partial charge is 0.361 e. The normalized spacial score (nSPS) is 11.1. The Morgan fingerprint density at radius 2 is 1.85 bits per heavy atom. The van der Waals surface area contributed by atoms with E-state index in [9.17, 15) is 9.59 Å². The number of carbonyl (C=O) groups excluding carboxylic acids is 2. The molecule has 0 saturated heterocycles. The van der Waals surface area contributed by atoms with Gasteiger partial charge >= 0.3 is 0 Å². The van der Waals surface area contributed by atoms with Gasteiger partial charge in [-0.2, -0.15) is 0 Å². The van der Waals surface area contributed by atoms with Crippen LogP contribution < -0.4 is 10.6 Å². The van der Waals surface area contributed by atoms with Crippen LogP contribution in [-0.2, 0) is 17.8 Å². The van der Waals surface area contributed by atoms with E-state index in [-0.39, 0.29) is 11.8 Å². The molecule has 0 bridgehead atoms. The molecule has 3 aromatic carbocycles. The summed E-state index contributed by atoms with van der Waals surface area (Å²) in [5.74, 6) is -0.165. The molecular weight excluding hydrogens is 414 g/mol. The second-order valence-electron chi connectivity index (χ2n) is 7.88. The maximum absolute atomic E-state index is 12.5. The Bertz CT molecular complexity index is 1460. The molecule has 2 amide bonds. The van der Waals surface area contributed by atoms with E-state index in [4.69, 9.17) is 0 Å². The predicted octanol–water partition coefficient (Wildman–Crippen LogP) is 3.73. The van der Waals surface area contributed by atoms with Crippen molar-refractivity contribution in [3.8, 4) is 5.69 Å². The Labute approximate surface area is 190 Å². The van der Waals surface area contributed by atoms with Crippen LogP contribution in [0.1, 0.15) is 21.5 Å². The Balaban J connectivity index is 1.26. The fourth-order valence-electron chi connectivity index (χ4n) is 4.00. The van der Waals surface area contributed by atoms with Crippen molar-refractivity contribution in [1.29, 1.82) is 0 Å². The lowest BCUT2D eigenvalue weighted by Crippen LogP contribution is -2.24. The van der Waals surface area contributed by atoms with Gasteiger partial charge in [0.15, 0.2) is 0 Å². The summed E-state index contributed by atoms with van der Waals surface area (Å²) in [6, 6.07) is 21.3. The number of fused-ring (bicyclic) bond motifs is 2. The minimum Gasteiger partial charge on any atom is -0.361 e. The van der Waals surface area contributed by atoms with Crippen LogP contribution in [0.3, 0.4) is 0 Å². The number of nitrogens with zero attached hydrogens (tertiary/aromatic N) is 2. The van der Waals surface area contributed by atoms with E-state index in [2.05, 4.69) is 20.6 Å². The van der Waals surface area contributed by atoms with Crippen LogP contribution in [0.5, 0.6) is 0 Å².